The van der Waals surface area contributed by atoms with E-state index in [1.807, 2.05) is 65.3 Å². The van der Waals surface area contributed by atoms with Gasteiger partial charge in [0.15, 0.2) is 0 Å². The molecule has 1 aromatic heterocycles. The molecular weight excluding hydrogens is 326 g/mol. The standard InChI is InChI=1S/C21H23N3O2/c1-2-3-15-24-20(13-14-22-24)23-21(25)18-11-9-17(10-12-18)16-26-19-7-5-4-6-8-19/h4-14H,2-3,15-16H2,1H3,(H,23,25). The third-order valence-electron chi connectivity index (χ3n) is 4.05. The number of aryl methyl sites for hydroxylation is 1. The van der Waals surface area contributed by atoms with E-state index in [4.69, 9.17) is 4.74 Å². The number of carbonyl (C=O) groups excluding carboxylic acids is 1. The first-order valence-corrected chi connectivity index (χ1v) is 8.86. The maximum atomic E-state index is 12.4. The minimum atomic E-state index is -0.140. The van der Waals surface area contributed by atoms with Crippen molar-refractivity contribution in [3.05, 3.63) is 78.0 Å². The van der Waals surface area contributed by atoms with Crippen LogP contribution >= 0.6 is 0 Å². The lowest BCUT2D eigenvalue weighted by Gasteiger charge is -2.09. The van der Waals surface area contributed by atoms with E-state index < -0.39 is 0 Å². The van der Waals surface area contributed by atoms with Crippen LogP contribution in [0.4, 0.5) is 5.82 Å². The van der Waals surface area contributed by atoms with Crippen LogP contribution in [0.25, 0.3) is 0 Å². The van der Waals surface area contributed by atoms with Gasteiger partial charge in [0, 0.05) is 18.2 Å². The van der Waals surface area contributed by atoms with Gasteiger partial charge in [-0.1, -0.05) is 43.7 Å². The fourth-order valence-corrected chi connectivity index (χ4v) is 2.55. The van der Waals surface area contributed by atoms with Crippen LogP contribution in [-0.4, -0.2) is 15.7 Å². The third kappa shape index (κ3) is 4.72. The summed E-state index contributed by atoms with van der Waals surface area (Å²) in [6, 6.07) is 18.9. The Labute approximate surface area is 153 Å². The lowest BCUT2D eigenvalue weighted by molar-refractivity contribution is 0.102. The first kappa shape index (κ1) is 17.7. The Bertz CT molecular complexity index is 826. The van der Waals surface area contributed by atoms with Gasteiger partial charge in [-0.25, -0.2) is 4.68 Å². The number of para-hydroxylation sites is 1. The molecule has 2 aromatic carbocycles. The molecule has 134 valence electrons. The molecule has 0 saturated carbocycles. The molecule has 0 fully saturated rings. The van der Waals surface area contributed by atoms with E-state index in [0.29, 0.717) is 12.2 Å². The van der Waals surface area contributed by atoms with Crippen molar-refractivity contribution in [1.82, 2.24) is 9.78 Å². The van der Waals surface area contributed by atoms with E-state index in [1.54, 1.807) is 6.20 Å². The highest BCUT2D eigenvalue weighted by Gasteiger charge is 2.09. The predicted molar refractivity (Wildman–Crippen MR) is 102 cm³/mol. The SMILES string of the molecule is CCCCn1nccc1NC(=O)c1ccc(COc2ccccc2)cc1. The molecule has 0 aliphatic heterocycles. The zero-order chi connectivity index (χ0) is 18.2. The van der Waals surface area contributed by atoms with E-state index in [9.17, 15) is 4.79 Å². The molecule has 3 aromatic rings. The molecule has 26 heavy (non-hydrogen) atoms. The van der Waals surface area contributed by atoms with Gasteiger partial charge in [0.05, 0.1) is 6.20 Å². The van der Waals surface area contributed by atoms with Crippen molar-refractivity contribution < 1.29 is 9.53 Å². The van der Waals surface area contributed by atoms with Crippen molar-refractivity contribution in [3.8, 4) is 5.75 Å². The molecular formula is C21H23N3O2. The van der Waals surface area contributed by atoms with Gasteiger partial charge in [-0.2, -0.15) is 5.10 Å². The van der Waals surface area contributed by atoms with Gasteiger partial charge in [0.25, 0.3) is 5.91 Å². The van der Waals surface area contributed by atoms with E-state index in [-0.39, 0.29) is 5.91 Å². The lowest BCUT2D eigenvalue weighted by Crippen LogP contribution is -2.16. The van der Waals surface area contributed by atoms with Gasteiger partial charge >= 0.3 is 0 Å². The predicted octanol–water partition coefficient (Wildman–Crippen LogP) is 4.51. The fourth-order valence-electron chi connectivity index (χ4n) is 2.55. The molecule has 0 spiro atoms. The Morgan fingerprint density at radius 1 is 1.08 bits per heavy atom. The first-order valence-electron chi connectivity index (χ1n) is 8.86. The summed E-state index contributed by atoms with van der Waals surface area (Å²) in [6.45, 7) is 3.40. The summed E-state index contributed by atoms with van der Waals surface area (Å²) in [4.78, 5) is 12.4. The highest BCUT2D eigenvalue weighted by molar-refractivity contribution is 6.03. The average molecular weight is 349 g/mol. The summed E-state index contributed by atoms with van der Waals surface area (Å²) in [5.74, 6) is 1.41. The Morgan fingerprint density at radius 3 is 2.58 bits per heavy atom. The van der Waals surface area contributed by atoms with Crippen molar-refractivity contribution in [2.24, 2.45) is 0 Å². The van der Waals surface area contributed by atoms with Crippen LogP contribution in [0.2, 0.25) is 0 Å². The highest BCUT2D eigenvalue weighted by atomic mass is 16.5. The Morgan fingerprint density at radius 2 is 1.85 bits per heavy atom. The van der Waals surface area contributed by atoms with Gasteiger partial charge in [0.1, 0.15) is 18.2 Å². The summed E-state index contributed by atoms with van der Waals surface area (Å²) in [7, 11) is 0. The Balaban J connectivity index is 1.58. The van der Waals surface area contributed by atoms with Crippen LogP contribution in [0.15, 0.2) is 66.9 Å². The van der Waals surface area contributed by atoms with Crippen LogP contribution in [-0.2, 0) is 13.2 Å². The van der Waals surface area contributed by atoms with Crippen LogP contribution in [0, 0.1) is 0 Å². The number of carbonyl (C=O) groups is 1. The fraction of sp³-hybridized carbons (Fsp3) is 0.238. The molecule has 5 heteroatoms. The van der Waals surface area contributed by atoms with E-state index >= 15 is 0 Å². The van der Waals surface area contributed by atoms with E-state index in [1.165, 1.54) is 0 Å². The first-order chi connectivity index (χ1) is 12.8. The molecule has 1 N–H and O–H groups in total. The molecule has 0 aliphatic carbocycles. The van der Waals surface area contributed by atoms with Crippen molar-refractivity contribution in [3.63, 3.8) is 0 Å². The number of benzene rings is 2. The number of anilines is 1. The summed E-state index contributed by atoms with van der Waals surface area (Å²) in [6.07, 6.45) is 3.82. The number of hydrogen-bond acceptors (Lipinski definition) is 3. The zero-order valence-electron chi connectivity index (χ0n) is 14.9. The zero-order valence-corrected chi connectivity index (χ0v) is 14.9. The van der Waals surface area contributed by atoms with Crippen LogP contribution in [0.1, 0.15) is 35.7 Å². The van der Waals surface area contributed by atoms with Crippen LogP contribution in [0.3, 0.4) is 0 Å². The lowest BCUT2D eigenvalue weighted by atomic mass is 10.1. The summed E-state index contributed by atoms with van der Waals surface area (Å²) < 4.78 is 7.54. The molecule has 5 nitrogen and oxygen atoms in total. The molecule has 1 heterocycles. The molecule has 0 aliphatic rings. The second-order valence-electron chi connectivity index (χ2n) is 6.05. The molecule has 0 bridgehead atoms. The summed E-state index contributed by atoms with van der Waals surface area (Å²) in [5.41, 5.74) is 1.62. The van der Waals surface area contributed by atoms with Gasteiger partial charge in [-0.3, -0.25) is 4.79 Å². The summed E-state index contributed by atoms with van der Waals surface area (Å²) in [5, 5.41) is 7.18. The molecule has 0 saturated heterocycles. The second-order valence-corrected chi connectivity index (χ2v) is 6.05. The average Bonchev–Trinajstić information content (AvgIpc) is 3.12. The highest BCUT2D eigenvalue weighted by Crippen LogP contribution is 2.14. The largest absolute Gasteiger partial charge is 0.489 e. The topological polar surface area (TPSA) is 56.2 Å². The molecule has 0 unspecified atom stereocenters. The molecule has 0 radical (unpaired) electrons. The normalized spacial score (nSPS) is 10.5. The number of hydrogen-bond donors (Lipinski definition) is 1. The molecule has 1 amide bonds. The van der Waals surface area contributed by atoms with Gasteiger partial charge < -0.3 is 10.1 Å². The molecule has 3 rings (SSSR count). The Hall–Kier alpha value is -3.08. The maximum absolute atomic E-state index is 12.4. The van der Waals surface area contributed by atoms with Gasteiger partial charge in [0.2, 0.25) is 0 Å². The number of aromatic nitrogens is 2. The Kier molecular flexibility index (Phi) is 6.04. The number of ether oxygens (including phenoxy) is 1. The minimum absolute atomic E-state index is 0.140. The van der Waals surface area contributed by atoms with Crippen molar-refractivity contribution in [2.75, 3.05) is 5.32 Å². The number of unbranched alkanes of at least 4 members (excludes halogenated alkanes) is 1. The quantitative estimate of drug-likeness (QED) is 0.651. The smallest absolute Gasteiger partial charge is 0.256 e. The van der Waals surface area contributed by atoms with Crippen LogP contribution < -0.4 is 10.1 Å². The van der Waals surface area contributed by atoms with Crippen molar-refractivity contribution >= 4 is 11.7 Å². The monoisotopic (exact) mass is 349 g/mol. The second kappa shape index (κ2) is 8.85. The minimum Gasteiger partial charge on any atom is -0.489 e. The van der Waals surface area contributed by atoms with E-state index in [2.05, 4.69) is 17.3 Å². The van der Waals surface area contributed by atoms with Crippen molar-refractivity contribution in [2.45, 2.75) is 32.9 Å². The number of nitrogens with one attached hydrogen (secondary N) is 1. The number of rotatable bonds is 8. The van der Waals surface area contributed by atoms with Gasteiger partial charge in [-0.05, 0) is 36.2 Å². The van der Waals surface area contributed by atoms with Crippen LogP contribution in [0.5, 0.6) is 5.75 Å². The third-order valence-corrected chi connectivity index (χ3v) is 4.05. The molecule has 0 atom stereocenters. The van der Waals surface area contributed by atoms with Gasteiger partial charge in [-0.15, -0.1) is 0 Å². The maximum Gasteiger partial charge on any atom is 0.256 e. The number of nitrogens with zero attached hydrogens (tertiary/aromatic N) is 2. The summed E-state index contributed by atoms with van der Waals surface area (Å²) >= 11 is 0. The van der Waals surface area contributed by atoms with E-state index in [0.717, 1.165) is 36.5 Å². The number of amides is 1. The van der Waals surface area contributed by atoms with Crippen molar-refractivity contribution in [1.29, 1.82) is 0 Å².